The van der Waals surface area contributed by atoms with Crippen molar-refractivity contribution in [1.29, 1.82) is 0 Å². The van der Waals surface area contributed by atoms with E-state index in [9.17, 15) is 15.0 Å². The van der Waals surface area contributed by atoms with Crippen LogP contribution >= 0.6 is 0 Å². The lowest BCUT2D eigenvalue weighted by Gasteiger charge is -2.20. The SMILES string of the molecule is C\C(O)=C/C(O)=C(\C=C(/C)C(=O)N(C)Cc1cc(C)ccc1C)C(C)C. The zero-order valence-electron chi connectivity index (χ0n) is 16.9. The Balaban J connectivity index is 3.08. The van der Waals surface area contributed by atoms with Gasteiger partial charge in [-0.1, -0.05) is 37.6 Å². The van der Waals surface area contributed by atoms with Crippen LogP contribution in [0, 0.1) is 19.8 Å². The molecule has 1 aromatic carbocycles. The quantitative estimate of drug-likeness (QED) is 0.421. The minimum Gasteiger partial charge on any atom is -0.512 e. The molecular formula is C22H31NO3. The zero-order chi connectivity index (χ0) is 20.0. The number of carbonyl (C=O) groups excluding carboxylic acids is 1. The van der Waals surface area contributed by atoms with Gasteiger partial charge in [0.05, 0.1) is 5.76 Å². The number of aliphatic hydroxyl groups excluding tert-OH is 2. The molecule has 0 radical (unpaired) electrons. The predicted molar refractivity (Wildman–Crippen MR) is 107 cm³/mol. The molecule has 1 rings (SSSR count). The molecule has 0 heterocycles. The lowest BCUT2D eigenvalue weighted by molar-refractivity contribution is -0.126. The molecule has 1 amide bonds. The van der Waals surface area contributed by atoms with Crippen molar-refractivity contribution in [2.24, 2.45) is 5.92 Å². The van der Waals surface area contributed by atoms with Gasteiger partial charge >= 0.3 is 0 Å². The fraction of sp³-hybridized carbons (Fsp3) is 0.409. The molecular weight excluding hydrogens is 326 g/mol. The van der Waals surface area contributed by atoms with Crippen molar-refractivity contribution in [1.82, 2.24) is 4.90 Å². The first kappa shape index (κ1) is 21.6. The van der Waals surface area contributed by atoms with Crippen LogP contribution in [0.4, 0.5) is 0 Å². The molecule has 0 aliphatic rings. The summed E-state index contributed by atoms with van der Waals surface area (Å²) in [5.41, 5.74) is 4.59. The molecule has 0 aliphatic carbocycles. The maximum absolute atomic E-state index is 12.7. The van der Waals surface area contributed by atoms with Crippen LogP contribution < -0.4 is 0 Å². The van der Waals surface area contributed by atoms with Crippen molar-refractivity contribution in [2.45, 2.75) is 48.1 Å². The van der Waals surface area contributed by atoms with Gasteiger partial charge in [-0.15, -0.1) is 0 Å². The molecule has 4 heteroatoms. The second-order valence-electron chi connectivity index (χ2n) is 7.20. The van der Waals surface area contributed by atoms with E-state index in [1.807, 2.05) is 27.7 Å². The number of likely N-dealkylation sites (N-methyl/N-ethyl adjacent to an activating group) is 1. The Hall–Kier alpha value is -2.49. The second kappa shape index (κ2) is 9.27. The van der Waals surface area contributed by atoms with Gasteiger partial charge in [0.25, 0.3) is 0 Å². The smallest absolute Gasteiger partial charge is 0.249 e. The standard InChI is InChI=1S/C22H31NO3/c1-14(2)20(21(25)12-18(6)24)11-17(5)22(26)23(7)13-19-10-15(3)8-9-16(19)4/h8-12,14,24-25H,13H2,1-7H3/b17-11+,18-12+,21-20-. The van der Waals surface area contributed by atoms with Crippen LogP contribution in [0.5, 0.6) is 0 Å². The molecule has 26 heavy (non-hydrogen) atoms. The first-order valence-corrected chi connectivity index (χ1v) is 8.83. The molecule has 4 nitrogen and oxygen atoms in total. The number of amides is 1. The van der Waals surface area contributed by atoms with Crippen LogP contribution in [-0.2, 0) is 11.3 Å². The number of rotatable bonds is 6. The van der Waals surface area contributed by atoms with Crippen molar-refractivity contribution in [3.8, 4) is 0 Å². The van der Waals surface area contributed by atoms with Gasteiger partial charge in [0.1, 0.15) is 5.76 Å². The van der Waals surface area contributed by atoms with Crippen molar-refractivity contribution >= 4 is 5.91 Å². The van der Waals surface area contributed by atoms with Gasteiger partial charge in [-0.05, 0) is 56.4 Å². The Kier molecular flexibility index (Phi) is 7.69. The molecule has 1 aromatic rings. The summed E-state index contributed by atoms with van der Waals surface area (Å²) in [5.74, 6) is -0.0892. The van der Waals surface area contributed by atoms with E-state index in [1.165, 1.54) is 18.6 Å². The third-order valence-corrected chi connectivity index (χ3v) is 4.23. The molecule has 0 fully saturated rings. The number of carbonyl (C=O) groups is 1. The molecule has 0 aliphatic heterocycles. The van der Waals surface area contributed by atoms with Crippen molar-refractivity contribution < 1.29 is 15.0 Å². The Labute approximate surface area is 157 Å². The van der Waals surface area contributed by atoms with Crippen LogP contribution in [0.2, 0.25) is 0 Å². The molecule has 0 spiro atoms. The van der Waals surface area contributed by atoms with Gasteiger partial charge in [0.2, 0.25) is 5.91 Å². The largest absolute Gasteiger partial charge is 0.512 e. The number of benzene rings is 1. The fourth-order valence-corrected chi connectivity index (χ4v) is 2.71. The zero-order valence-corrected chi connectivity index (χ0v) is 16.9. The number of allylic oxidation sites excluding steroid dienone is 4. The summed E-state index contributed by atoms with van der Waals surface area (Å²) in [4.78, 5) is 14.4. The summed E-state index contributed by atoms with van der Waals surface area (Å²) in [6, 6.07) is 6.22. The summed E-state index contributed by atoms with van der Waals surface area (Å²) in [5, 5.41) is 19.6. The highest BCUT2D eigenvalue weighted by Crippen LogP contribution is 2.20. The van der Waals surface area contributed by atoms with Crippen LogP contribution in [0.15, 0.2) is 53.0 Å². The first-order chi connectivity index (χ1) is 12.0. The Morgan fingerprint density at radius 3 is 2.31 bits per heavy atom. The maximum atomic E-state index is 12.7. The Morgan fingerprint density at radius 2 is 1.77 bits per heavy atom. The number of aryl methyl sites for hydroxylation is 2. The topological polar surface area (TPSA) is 60.8 Å². The van der Waals surface area contributed by atoms with Crippen LogP contribution in [-0.4, -0.2) is 28.1 Å². The summed E-state index contributed by atoms with van der Waals surface area (Å²) >= 11 is 0. The fourth-order valence-electron chi connectivity index (χ4n) is 2.71. The lowest BCUT2D eigenvalue weighted by Crippen LogP contribution is -2.27. The highest BCUT2D eigenvalue weighted by molar-refractivity contribution is 5.93. The molecule has 0 unspecified atom stereocenters. The molecule has 0 atom stereocenters. The second-order valence-corrected chi connectivity index (χ2v) is 7.20. The van der Waals surface area contributed by atoms with Gasteiger partial charge in [0, 0.05) is 25.2 Å². The van der Waals surface area contributed by atoms with E-state index < -0.39 is 0 Å². The summed E-state index contributed by atoms with van der Waals surface area (Å²) in [7, 11) is 1.78. The molecule has 142 valence electrons. The van der Waals surface area contributed by atoms with E-state index in [4.69, 9.17) is 0 Å². The number of hydrogen-bond donors (Lipinski definition) is 2. The summed E-state index contributed by atoms with van der Waals surface area (Å²) in [6.07, 6.45) is 2.99. The van der Waals surface area contributed by atoms with Crippen molar-refractivity contribution in [3.63, 3.8) is 0 Å². The van der Waals surface area contributed by atoms with E-state index in [0.29, 0.717) is 17.7 Å². The van der Waals surface area contributed by atoms with Gasteiger partial charge in [-0.2, -0.15) is 0 Å². The minimum atomic E-state index is -0.0958. The predicted octanol–water partition coefficient (Wildman–Crippen LogP) is 5.14. The highest BCUT2D eigenvalue weighted by atomic mass is 16.3. The van der Waals surface area contributed by atoms with Gasteiger partial charge in [-0.3, -0.25) is 4.79 Å². The number of nitrogens with zero attached hydrogens (tertiary/aromatic N) is 1. The van der Waals surface area contributed by atoms with Gasteiger partial charge in [0.15, 0.2) is 0 Å². The monoisotopic (exact) mass is 357 g/mol. The van der Waals surface area contributed by atoms with Gasteiger partial charge in [-0.25, -0.2) is 0 Å². The van der Waals surface area contributed by atoms with E-state index in [0.717, 1.165) is 11.1 Å². The van der Waals surface area contributed by atoms with Crippen LogP contribution in [0.1, 0.15) is 44.4 Å². The third-order valence-electron chi connectivity index (χ3n) is 4.23. The average Bonchev–Trinajstić information content (AvgIpc) is 2.53. The molecule has 0 bridgehead atoms. The number of aliphatic hydroxyl groups is 2. The van der Waals surface area contributed by atoms with E-state index >= 15 is 0 Å². The van der Waals surface area contributed by atoms with Crippen LogP contribution in [0.25, 0.3) is 0 Å². The van der Waals surface area contributed by atoms with Gasteiger partial charge < -0.3 is 15.1 Å². The summed E-state index contributed by atoms with van der Waals surface area (Å²) in [6.45, 7) is 11.7. The summed E-state index contributed by atoms with van der Waals surface area (Å²) < 4.78 is 0. The average molecular weight is 357 g/mol. The molecule has 0 saturated heterocycles. The Morgan fingerprint density at radius 1 is 1.15 bits per heavy atom. The molecule has 0 aromatic heterocycles. The maximum Gasteiger partial charge on any atom is 0.249 e. The Bertz CT molecular complexity index is 751. The lowest BCUT2D eigenvalue weighted by atomic mass is 9.98. The molecule has 0 saturated carbocycles. The van der Waals surface area contributed by atoms with Crippen LogP contribution in [0.3, 0.4) is 0 Å². The minimum absolute atomic E-state index is 0.0117. The van der Waals surface area contributed by atoms with E-state index in [2.05, 4.69) is 18.2 Å². The highest BCUT2D eigenvalue weighted by Gasteiger charge is 2.15. The van der Waals surface area contributed by atoms with E-state index in [1.54, 1.807) is 24.9 Å². The van der Waals surface area contributed by atoms with E-state index in [-0.39, 0.29) is 23.3 Å². The van der Waals surface area contributed by atoms with Crippen molar-refractivity contribution in [3.05, 3.63) is 69.7 Å². The molecule has 2 N–H and O–H groups in total. The van der Waals surface area contributed by atoms with Crippen molar-refractivity contribution in [2.75, 3.05) is 7.05 Å². The third kappa shape index (κ3) is 6.10. The normalized spacial score (nSPS) is 13.7. The first-order valence-electron chi connectivity index (χ1n) is 8.83. The number of hydrogen-bond acceptors (Lipinski definition) is 3.